The second-order valence-corrected chi connectivity index (χ2v) is 3.89. The van der Waals surface area contributed by atoms with E-state index >= 15 is 0 Å². The number of nitriles is 1. The predicted molar refractivity (Wildman–Crippen MR) is 45.9 cm³/mol. The van der Waals surface area contributed by atoms with Crippen LogP contribution in [0.3, 0.4) is 0 Å². The van der Waals surface area contributed by atoms with Crippen molar-refractivity contribution >= 4 is 0 Å². The minimum Gasteiger partial charge on any atom is -0.193 e. The van der Waals surface area contributed by atoms with Gasteiger partial charge >= 0.3 is 0 Å². The fourth-order valence-electron chi connectivity index (χ4n) is 1.73. The molecule has 11 heavy (non-hydrogen) atoms. The lowest BCUT2D eigenvalue weighted by Crippen LogP contribution is -2.18. The van der Waals surface area contributed by atoms with Crippen molar-refractivity contribution in [3.8, 4) is 6.07 Å². The van der Waals surface area contributed by atoms with Gasteiger partial charge in [-0.15, -0.1) is 0 Å². The molecule has 60 valence electrons. The second kappa shape index (κ2) is 3.09. The van der Waals surface area contributed by atoms with Gasteiger partial charge in [0.1, 0.15) is 0 Å². The van der Waals surface area contributed by atoms with Gasteiger partial charge in [0.25, 0.3) is 0 Å². The van der Waals surface area contributed by atoms with Gasteiger partial charge in [-0.1, -0.05) is 25.8 Å². The molecule has 0 unspecified atom stereocenters. The SMILES string of the molecule is CC1(C)CCCCC1=CC#N. The largest absolute Gasteiger partial charge is 0.193 e. The fraction of sp³-hybridized carbons (Fsp3) is 0.700. The summed E-state index contributed by atoms with van der Waals surface area (Å²) in [5.41, 5.74) is 1.62. The highest BCUT2D eigenvalue weighted by molar-refractivity contribution is 5.21. The van der Waals surface area contributed by atoms with Crippen LogP contribution in [0.4, 0.5) is 0 Å². The summed E-state index contributed by atoms with van der Waals surface area (Å²) in [6.45, 7) is 4.46. The summed E-state index contributed by atoms with van der Waals surface area (Å²) in [6, 6.07) is 2.13. The third-order valence-electron chi connectivity index (χ3n) is 2.61. The molecule has 1 nitrogen and oxygen atoms in total. The molecule has 0 atom stereocenters. The number of hydrogen-bond acceptors (Lipinski definition) is 1. The Morgan fingerprint density at radius 3 is 2.73 bits per heavy atom. The fourth-order valence-corrected chi connectivity index (χ4v) is 1.73. The molecule has 0 aromatic carbocycles. The third-order valence-corrected chi connectivity index (χ3v) is 2.61. The molecule has 1 saturated carbocycles. The first-order valence-electron chi connectivity index (χ1n) is 4.26. The Kier molecular flexibility index (Phi) is 2.34. The third kappa shape index (κ3) is 1.83. The monoisotopic (exact) mass is 149 g/mol. The van der Waals surface area contributed by atoms with Crippen molar-refractivity contribution in [1.82, 2.24) is 0 Å². The van der Waals surface area contributed by atoms with E-state index in [1.807, 2.05) is 0 Å². The molecule has 0 radical (unpaired) electrons. The molecule has 1 fully saturated rings. The van der Waals surface area contributed by atoms with E-state index in [-0.39, 0.29) is 5.41 Å². The lowest BCUT2D eigenvalue weighted by atomic mass is 9.73. The predicted octanol–water partition coefficient (Wildman–Crippen LogP) is 3.04. The molecule has 1 heteroatoms. The minimum atomic E-state index is 0.286. The Morgan fingerprint density at radius 2 is 2.18 bits per heavy atom. The van der Waals surface area contributed by atoms with Crippen molar-refractivity contribution in [2.75, 3.05) is 0 Å². The summed E-state index contributed by atoms with van der Waals surface area (Å²) in [7, 11) is 0. The summed E-state index contributed by atoms with van der Waals surface area (Å²) in [4.78, 5) is 0. The van der Waals surface area contributed by atoms with Crippen LogP contribution in [-0.2, 0) is 0 Å². The van der Waals surface area contributed by atoms with E-state index in [0.717, 1.165) is 6.42 Å². The van der Waals surface area contributed by atoms with Crippen molar-refractivity contribution in [2.45, 2.75) is 39.5 Å². The van der Waals surface area contributed by atoms with Gasteiger partial charge in [-0.2, -0.15) is 5.26 Å². The van der Waals surface area contributed by atoms with E-state index in [2.05, 4.69) is 19.9 Å². The first kappa shape index (κ1) is 8.33. The Morgan fingerprint density at radius 1 is 1.45 bits per heavy atom. The van der Waals surface area contributed by atoms with Gasteiger partial charge in [0.15, 0.2) is 0 Å². The number of rotatable bonds is 0. The Labute approximate surface area is 68.7 Å². The van der Waals surface area contributed by atoms with Gasteiger partial charge in [0.2, 0.25) is 0 Å². The van der Waals surface area contributed by atoms with E-state index in [0.29, 0.717) is 0 Å². The molecule has 0 N–H and O–H groups in total. The van der Waals surface area contributed by atoms with E-state index in [9.17, 15) is 0 Å². The number of hydrogen-bond donors (Lipinski definition) is 0. The zero-order valence-corrected chi connectivity index (χ0v) is 7.35. The molecule has 0 saturated heterocycles. The van der Waals surface area contributed by atoms with E-state index in [1.54, 1.807) is 6.08 Å². The molecule has 0 spiro atoms. The van der Waals surface area contributed by atoms with Crippen LogP contribution >= 0.6 is 0 Å². The molecule has 0 aliphatic heterocycles. The highest BCUT2D eigenvalue weighted by atomic mass is 14.3. The Bertz CT molecular complexity index is 205. The van der Waals surface area contributed by atoms with Gasteiger partial charge in [0.05, 0.1) is 6.07 Å². The van der Waals surface area contributed by atoms with Crippen molar-refractivity contribution < 1.29 is 0 Å². The van der Waals surface area contributed by atoms with Gasteiger partial charge < -0.3 is 0 Å². The van der Waals surface area contributed by atoms with Crippen LogP contribution in [0.15, 0.2) is 11.6 Å². The van der Waals surface area contributed by atoms with Crippen LogP contribution < -0.4 is 0 Å². The van der Waals surface area contributed by atoms with Gasteiger partial charge in [0, 0.05) is 6.08 Å². The van der Waals surface area contributed by atoms with Crippen molar-refractivity contribution in [3.05, 3.63) is 11.6 Å². The standard InChI is InChI=1S/C10H15N/c1-10(2)7-4-3-5-9(10)6-8-11/h6H,3-5,7H2,1-2H3. The normalized spacial score (nSPS) is 26.5. The average molecular weight is 149 g/mol. The lowest BCUT2D eigenvalue weighted by Gasteiger charge is -2.32. The summed E-state index contributed by atoms with van der Waals surface area (Å²) >= 11 is 0. The average Bonchev–Trinajstić information content (AvgIpc) is 1.94. The summed E-state index contributed by atoms with van der Waals surface area (Å²) in [6.07, 6.45) is 6.67. The maximum absolute atomic E-state index is 8.52. The zero-order valence-electron chi connectivity index (χ0n) is 7.35. The van der Waals surface area contributed by atoms with E-state index in [4.69, 9.17) is 5.26 Å². The summed E-state index contributed by atoms with van der Waals surface area (Å²) in [5.74, 6) is 0. The molecular formula is C10H15N. The quantitative estimate of drug-likeness (QED) is 0.486. The highest BCUT2D eigenvalue weighted by Gasteiger charge is 2.25. The van der Waals surface area contributed by atoms with Gasteiger partial charge in [-0.05, 0) is 24.7 Å². The first-order chi connectivity index (χ1) is 5.17. The Hall–Kier alpha value is -0.770. The van der Waals surface area contributed by atoms with Crippen molar-refractivity contribution in [2.24, 2.45) is 5.41 Å². The maximum atomic E-state index is 8.52. The smallest absolute Gasteiger partial charge is 0.0911 e. The second-order valence-electron chi connectivity index (χ2n) is 3.89. The van der Waals surface area contributed by atoms with Crippen LogP contribution in [0.25, 0.3) is 0 Å². The molecule has 0 bridgehead atoms. The summed E-state index contributed by atoms with van der Waals surface area (Å²) in [5, 5.41) is 8.52. The first-order valence-corrected chi connectivity index (χ1v) is 4.26. The van der Waals surface area contributed by atoms with Gasteiger partial charge in [-0.25, -0.2) is 0 Å². The van der Waals surface area contributed by atoms with Crippen LogP contribution in [0.2, 0.25) is 0 Å². The number of nitrogens with zero attached hydrogens (tertiary/aromatic N) is 1. The van der Waals surface area contributed by atoms with Crippen LogP contribution in [0.5, 0.6) is 0 Å². The van der Waals surface area contributed by atoms with Crippen LogP contribution in [0, 0.1) is 16.7 Å². The Balaban J connectivity index is 2.77. The highest BCUT2D eigenvalue weighted by Crippen LogP contribution is 2.39. The maximum Gasteiger partial charge on any atom is 0.0911 e. The van der Waals surface area contributed by atoms with Crippen LogP contribution in [-0.4, -0.2) is 0 Å². The van der Waals surface area contributed by atoms with Crippen molar-refractivity contribution in [3.63, 3.8) is 0 Å². The molecular weight excluding hydrogens is 134 g/mol. The van der Waals surface area contributed by atoms with Crippen LogP contribution in [0.1, 0.15) is 39.5 Å². The topological polar surface area (TPSA) is 23.8 Å². The van der Waals surface area contributed by atoms with E-state index < -0.39 is 0 Å². The molecule has 1 aliphatic rings. The lowest BCUT2D eigenvalue weighted by molar-refractivity contribution is 0.336. The number of allylic oxidation sites excluding steroid dienone is 2. The van der Waals surface area contributed by atoms with Crippen molar-refractivity contribution in [1.29, 1.82) is 5.26 Å². The molecule has 1 aliphatic carbocycles. The zero-order chi connectivity index (χ0) is 8.32. The summed E-state index contributed by atoms with van der Waals surface area (Å²) < 4.78 is 0. The molecule has 0 amide bonds. The molecule has 0 aromatic heterocycles. The van der Waals surface area contributed by atoms with Gasteiger partial charge in [-0.3, -0.25) is 0 Å². The van der Waals surface area contributed by atoms with E-state index in [1.165, 1.54) is 24.8 Å². The minimum absolute atomic E-state index is 0.286. The molecule has 0 heterocycles. The molecule has 0 aromatic rings. The molecule has 1 rings (SSSR count).